The predicted molar refractivity (Wildman–Crippen MR) is 223 cm³/mol. The van der Waals surface area contributed by atoms with Gasteiger partial charge in [0.25, 0.3) is 0 Å². The van der Waals surface area contributed by atoms with Crippen LogP contribution in [0.1, 0.15) is 112 Å². The summed E-state index contributed by atoms with van der Waals surface area (Å²) in [6.45, 7) is 6.42. The molecule has 9 atom stereocenters. The minimum atomic E-state index is -2.06. The molecule has 16 heteroatoms. The van der Waals surface area contributed by atoms with Gasteiger partial charge in [-0.2, -0.15) is 0 Å². The fourth-order valence-corrected chi connectivity index (χ4v) is 13.4. The number of carbonyl (C=O) groups is 3. The van der Waals surface area contributed by atoms with E-state index in [1.165, 1.54) is 19.4 Å². The molecule has 3 aromatic rings. The molecule has 5 aliphatic carbocycles. The second-order valence-electron chi connectivity index (χ2n) is 19.9. The number of likely N-dealkylation sites (tertiary alicyclic amines) is 1. The lowest BCUT2D eigenvalue weighted by atomic mass is 9.44. The van der Waals surface area contributed by atoms with Crippen molar-refractivity contribution in [2.75, 3.05) is 38.3 Å². The number of anilines is 1. The molecule has 63 heavy (non-hydrogen) atoms. The lowest BCUT2D eigenvalue weighted by Gasteiger charge is -2.63. The van der Waals surface area contributed by atoms with Crippen LogP contribution in [0.15, 0.2) is 42.3 Å². The first-order chi connectivity index (χ1) is 29.9. The van der Waals surface area contributed by atoms with Gasteiger partial charge in [0.2, 0.25) is 11.2 Å². The Morgan fingerprint density at radius 1 is 1.02 bits per heavy atom. The van der Waals surface area contributed by atoms with E-state index in [0.717, 1.165) is 38.3 Å². The number of nitrogens with zero attached hydrogens (tertiary/aromatic N) is 3. The summed E-state index contributed by atoms with van der Waals surface area (Å²) in [5, 5.41) is 23.8. The highest BCUT2D eigenvalue weighted by Gasteiger charge is 2.74. The molecule has 338 valence electrons. The number of esters is 1. The summed E-state index contributed by atoms with van der Waals surface area (Å²) >= 11 is 0. The van der Waals surface area contributed by atoms with E-state index in [1.54, 1.807) is 25.3 Å². The van der Waals surface area contributed by atoms with Crippen LogP contribution in [0.2, 0.25) is 0 Å². The number of ether oxygens (including phenoxy) is 2. The third-order valence-electron chi connectivity index (χ3n) is 16.9. The summed E-state index contributed by atoms with van der Waals surface area (Å²) in [4.78, 5) is 70.4. The van der Waals surface area contributed by atoms with Gasteiger partial charge in [0.15, 0.2) is 29.7 Å². The van der Waals surface area contributed by atoms with Crippen molar-refractivity contribution in [3.8, 4) is 5.75 Å². The number of fused-ring (bicyclic) bond motifs is 7. The Balaban J connectivity index is 0.902. The van der Waals surface area contributed by atoms with Crippen LogP contribution in [0, 0.1) is 41.3 Å². The van der Waals surface area contributed by atoms with Crippen molar-refractivity contribution in [3.05, 3.63) is 67.7 Å². The molecule has 1 aromatic carbocycles. The maximum atomic E-state index is 17.6. The van der Waals surface area contributed by atoms with E-state index in [9.17, 15) is 34.2 Å². The number of alkyl halides is 1. The number of piperidine rings is 1. The molecule has 4 saturated carbocycles. The van der Waals surface area contributed by atoms with E-state index in [0.29, 0.717) is 61.5 Å². The van der Waals surface area contributed by atoms with Gasteiger partial charge < -0.3 is 38.0 Å². The Labute approximate surface area is 362 Å². The number of carbonyl (C=O) groups excluding carboxylic acids is 3. The lowest BCUT2D eigenvalue weighted by Crippen LogP contribution is -2.69. The summed E-state index contributed by atoms with van der Waals surface area (Å²) in [5.74, 6) is -3.32. The average Bonchev–Trinajstić information content (AvgIpc) is 3.83. The second-order valence-corrected chi connectivity index (χ2v) is 19.9. The maximum Gasteiger partial charge on any atom is 0.519 e. The quantitative estimate of drug-likeness (QED) is 0.258. The molecule has 2 N–H and O–H groups in total. The fraction of sp³-hybridized carbons (Fsp3) is 0.638. The van der Waals surface area contributed by atoms with E-state index < -0.39 is 81.0 Å². The van der Waals surface area contributed by atoms with Gasteiger partial charge in [-0.05, 0) is 102 Å². The Kier molecular flexibility index (Phi) is 9.85. The number of Topliss-reactive ketones (excluding diaryl/α,β-unsaturated/α-hetero) is 1. The van der Waals surface area contributed by atoms with Crippen LogP contribution >= 0.6 is 0 Å². The largest absolute Gasteiger partial charge is 0.519 e. The zero-order valence-electron chi connectivity index (χ0n) is 36.2. The molecule has 0 bridgehead atoms. The van der Waals surface area contributed by atoms with Gasteiger partial charge in [-0.3, -0.25) is 19.3 Å². The fourth-order valence-electron chi connectivity index (χ4n) is 13.4. The topological polar surface area (TPSA) is 182 Å². The Morgan fingerprint density at radius 2 is 1.79 bits per heavy atom. The van der Waals surface area contributed by atoms with Gasteiger partial charge in [0.1, 0.15) is 28.3 Å². The van der Waals surface area contributed by atoms with Gasteiger partial charge >= 0.3 is 11.8 Å². The van der Waals surface area contributed by atoms with Crippen molar-refractivity contribution < 1.29 is 51.7 Å². The molecule has 4 heterocycles. The summed E-state index contributed by atoms with van der Waals surface area (Å²) in [7, 11) is 1.42. The SMILES string of the molecule is COc1c(N2CC3CCCN(Cc4oc(=O)oc4C)C3C2)c(F)cc2c(=O)c(C(=O)OCC(=O)[C@@]3(O)CC[C@H]4[C@@H]5CCC6=CC(=O)CC[C@]6(C)[C@@]5(F)[C@@H](O)C[C@@]43C)cn(C3CC3)c12. The molecule has 2 aromatic heterocycles. The first kappa shape index (κ1) is 42.3. The Morgan fingerprint density at radius 3 is 2.51 bits per heavy atom. The van der Waals surface area contributed by atoms with Crippen molar-refractivity contribution in [3.63, 3.8) is 0 Å². The molecule has 2 saturated heterocycles. The zero-order valence-corrected chi connectivity index (χ0v) is 36.2. The number of methoxy groups -OCH3 is 1. The number of aliphatic hydroxyl groups excluding tert-OH is 1. The first-order valence-corrected chi connectivity index (χ1v) is 22.5. The molecular formula is C47H55F2N3O11. The number of pyridine rings is 1. The van der Waals surface area contributed by atoms with Gasteiger partial charge in [0.05, 0.1) is 30.7 Å². The van der Waals surface area contributed by atoms with Crippen LogP contribution in [0.5, 0.6) is 5.75 Å². The summed E-state index contributed by atoms with van der Waals surface area (Å²) < 4.78 is 57.8. The highest BCUT2D eigenvalue weighted by Crippen LogP contribution is 2.70. The summed E-state index contributed by atoms with van der Waals surface area (Å²) in [5.41, 5.74) is -6.34. The third-order valence-corrected chi connectivity index (χ3v) is 16.9. The first-order valence-electron chi connectivity index (χ1n) is 22.5. The molecule has 7 aliphatic rings. The van der Waals surface area contributed by atoms with Crippen LogP contribution in [0.3, 0.4) is 0 Å². The minimum absolute atomic E-state index is 0.0192. The van der Waals surface area contributed by atoms with E-state index in [4.69, 9.17) is 18.3 Å². The molecule has 6 fully saturated rings. The monoisotopic (exact) mass is 875 g/mol. The number of aliphatic hydroxyl groups is 2. The van der Waals surface area contributed by atoms with Crippen molar-refractivity contribution in [2.45, 2.75) is 127 Å². The van der Waals surface area contributed by atoms with Crippen molar-refractivity contribution in [1.29, 1.82) is 0 Å². The Hall–Kier alpha value is -4.67. The molecule has 14 nitrogen and oxygen atoms in total. The van der Waals surface area contributed by atoms with E-state index in [-0.39, 0.29) is 66.3 Å². The molecule has 0 radical (unpaired) electrons. The Bertz CT molecular complexity index is 2600. The highest BCUT2D eigenvalue weighted by molar-refractivity contribution is 5.99. The van der Waals surface area contributed by atoms with Gasteiger partial charge in [0, 0.05) is 54.5 Å². The van der Waals surface area contributed by atoms with Gasteiger partial charge in [-0.25, -0.2) is 18.4 Å². The second kappa shape index (κ2) is 14.7. The summed E-state index contributed by atoms with van der Waals surface area (Å²) in [6.07, 6.45) is 6.10. The molecule has 0 spiro atoms. The maximum absolute atomic E-state index is 17.6. The number of ketones is 2. The minimum Gasteiger partial charge on any atom is -0.492 e. The van der Waals surface area contributed by atoms with E-state index >= 15 is 8.78 Å². The number of allylic oxidation sites excluding steroid dienone is 1. The highest BCUT2D eigenvalue weighted by atomic mass is 19.1. The number of aromatic nitrogens is 1. The van der Waals surface area contributed by atoms with E-state index in [2.05, 4.69) is 4.90 Å². The van der Waals surface area contributed by atoms with Crippen molar-refractivity contribution >= 4 is 34.1 Å². The molecular weight excluding hydrogens is 821 g/mol. The van der Waals surface area contributed by atoms with Crippen LogP contribution in [0.25, 0.3) is 10.9 Å². The predicted octanol–water partition coefficient (Wildman–Crippen LogP) is 5.49. The normalized spacial score (nSPS) is 35.2. The number of halogens is 2. The number of aryl methyl sites for hydroxylation is 1. The van der Waals surface area contributed by atoms with Crippen LogP contribution < -0.4 is 20.9 Å². The van der Waals surface area contributed by atoms with Crippen molar-refractivity contribution in [2.24, 2.45) is 28.6 Å². The van der Waals surface area contributed by atoms with Gasteiger partial charge in [-0.15, -0.1) is 0 Å². The zero-order chi connectivity index (χ0) is 44.5. The third kappa shape index (κ3) is 6.12. The molecule has 2 aliphatic heterocycles. The standard InChI is InChI=1S/C47H55F2N3O11/c1-24-35(63-43(58)62-24)22-50-15-5-6-25-19-51(21-34(25)50)39-33(48)17-29-38(41(39)60-4)52(27-8-9-27)20-30(40(29)56)42(57)61-23-37(55)46(59)14-12-31-32-10-7-26-16-28(53)11-13-44(26,2)47(32,49)36(54)18-45(31,46)3/h16-17,20,25,27,31-32,34,36,54,59H,5-15,18-19,21-23H2,1-4H3/t25?,31-,32-,34?,36-,44-,45-,46-,47-/m0/s1. The lowest BCUT2D eigenvalue weighted by molar-refractivity contribution is -0.226. The number of hydrogen-bond acceptors (Lipinski definition) is 13. The van der Waals surface area contributed by atoms with Gasteiger partial charge in [-0.1, -0.05) is 19.4 Å². The smallest absolute Gasteiger partial charge is 0.492 e. The molecule has 2 unspecified atom stereocenters. The number of rotatable bonds is 9. The average molecular weight is 876 g/mol. The van der Waals surface area contributed by atoms with Crippen LogP contribution in [-0.2, 0) is 20.9 Å². The molecule has 10 rings (SSSR count). The van der Waals surface area contributed by atoms with E-state index in [1.807, 2.05) is 4.90 Å². The number of benzene rings is 1. The molecule has 0 amide bonds. The summed E-state index contributed by atoms with van der Waals surface area (Å²) in [6, 6.07) is 1.04. The van der Waals surface area contributed by atoms with Crippen molar-refractivity contribution in [1.82, 2.24) is 9.47 Å². The van der Waals surface area contributed by atoms with Crippen LogP contribution in [0.4, 0.5) is 14.5 Å². The number of hydrogen-bond donors (Lipinski definition) is 2. The van der Waals surface area contributed by atoms with Crippen LogP contribution in [-0.4, -0.2) is 94.0 Å².